The summed E-state index contributed by atoms with van der Waals surface area (Å²) >= 11 is 0. The highest BCUT2D eigenvalue weighted by molar-refractivity contribution is 5.96. The zero-order valence-corrected chi connectivity index (χ0v) is 24.2. The smallest absolute Gasteiger partial charge is 0.326 e. The molecular formula is C25H40N6O14. The second kappa shape index (κ2) is 21.0. The molecule has 0 aliphatic rings. The number of nitrogens with two attached hydrogens (primary N) is 2. The average Bonchev–Trinajstić information content (AvgIpc) is 2.93. The van der Waals surface area contributed by atoms with Gasteiger partial charge in [0.1, 0.15) is 24.2 Å². The van der Waals surface area contributed by atoms with Crippen LogP contribution in [0.1, 0.15) is 64.2 Å². The molecule has 20 heteroatoms. The SMILES string of the molecule is NCCCCC(NC(=O)C(CCC(=O)O)NC(=O)C(CCC(=O)O)NC(=O)C(CCC(=O)O)NC(=O)C(N)CC(=O)O)C(=O)O. The van der Waals surface area contributed by atoms with E-state index in [-0.39, 0.29) is 13.0 Å². The summed E-state index contributed by atoms with van der Waals surface area (Å²) in [4.78, 5) is 107. The largest absolute Gasteiger partial charge is 0.481 e. The molecule has 0 saturated carbocycles. The summed E-state index contributed by atoms with van der Waals surface area (Å²) in [6.07, 6.45) is -3.80. The Balaban J connectivity index is 6.04. The number of carboxylic acid groups (broad SMARTS) is 5. The van der Waals surface area contributed by atoms with E-state index in [1.807, 2.05) is 0 Å². The van der Waals surface area contributed by atoms with Gasteiger partial charge in [0.15, 0.2) is 0 Å². The van der Waals surface area contributed by atoms with Crippen LogP contribution in [0.2, 0.25) is 0 Å². The lowest BCUT2D eigenvalue weighted by Gasteiger charge is -2.26. The van der Waals surface area contributed by atoms with Gasteiger partial charge in [-0.2, -0.15) is 0 Å². The van der Waals surface area contributed by atoms with Crippen LogP contribution >= 0.6 is 0 Å². The molecule has 0 bridgehead atoms. The van der Waals surface area contributed by atoms with Crippen LogP contribution in [0, 0.1) is 0 Å². The fraction of sp³-hybridized carbons (Fsp3) is 0.640. The summed E-state index contributed by atoms with van der Waals surface area (Å²) in [5.41, 5.74) is 10.9. The van der Waals surface area contributed by atoms with Gasteiger partial charge in [-0.25, -0.2) is 4.79 Å². The van der Waals surface area contributed by atoms with Crippen molar-refractivity contribution in [3.05, 3.63) is 0 Å². The first-order valence-corrected chi connectivity index (χ1v) is 13.8. The molecule has 0 aromatic carbocycles. The number of carbonyl (C=O) groups excluding carboxylic acids is 4. The molecule has 0 aromatic rings. The van der Waals surface area contributed by atoms with Crippen LogP contribution < -0.4 is 32.7 Å². The fourth-order valence-electron chi connectivity index (χ4n) is 3.74. The minimum absolute atomic E-state index is 0.0330. The molecule has 0 saturated heterocycles. The van der Waals surface area contributed by atoms with Gasteiger partial charge in [-0.3, -0.25) is 38.4 Å². The molecule has 0 radical (unpaired) electrons. The van der Waals surface area contributed by atoms with Crippen molar-refractivity contribution in [2.24, 2.45) is 11.5 Å². The van der Waals surface area contributed by atoms with Crippen molar-refractivity contribution in [2.75, 3.05) is 6.54 Å². The molecule has 0 aromatic heterocycles. The van der Waals surface area contributed by atoms with Crippen LogP contribution in [0.15, 0.2) is 0 Å². The van der Waals surface area contributed by atoms with E-state index in [0.717, 1.165) is 0 Å². The Hall–Kier alpha value is -4.85. The molecule has 45 heavy (non-hydrogen) atoms. The molecular weight excluding hydrogens is 608 g/mol. The van der Waals surface area contributed by atoms with Crippen LogP contribution in [0.3, 0.4) is 0 Å². The van der Waals surface area contributed by atoms with E-state index < -0.39 is 129 Å². The van der Waals surface area contributed by atoms with Gasteiger partial charge in [0, 0.05) is 19.3 Å². The highest BCUT2D eigenvalue weighted by Gasteiger charge is 2.32. The first-order valence-electron chi connectivity index (χ1n) is 13.8. The zero-order valence-electron chi connectivity index (χ0n) is 24.2. The van der Waals surface area contributed by atoms with Crippen molar-refractivity contribution in [1.82, 2.24) is 21.3 Å². The van der Waals surface area contributed by atoms with E-state index in [9.17, 15) is 48.3 Å². The minimum atomic E-state index is -1.73. The number of rotatable bonds is 24. The van der Waals surface area contributed by atoms with Crippen molar-refractivity contribution in [3.8, 4) is 0 Å². The maximum atomic E-state index is 13.2. The Morgan fingerprint density at radius 3 is 1.16 bits per heavy atom. The lowest BCUT2D eigenvalue weighted by Crippen LogP contribution is -2.58. The molecule has 0 aliphatic carbocycles. The highest BCUT2D eigenvalue weighted by Crippen LogP contribution is 2.08. The van der Waals surface area contributed by atoms with E-state index in [0.29, 0.717) is 12.8 Å². The Morgan fingerprint density at radius 1 is 0.489 bits per heavy atom. The predicted molar refractivity (Wildman–Crippen MR) is 149 cm³/mol. The van der Waals surface area contributed by atoms with Crippen molar-refractivity contribution in [2.45, 2.75) is 94.4 Å². The quantitative estimate of drug-likeness (QED) is 0.0453. The van der Waals surface area contributed by atoms with Crippen molar-refractivity contribution in [1.29, 1.82) is 0 Å². The van der Waals surface area contributed by atoms with Gasteiger partial charge >= 0.3 is 29.8 Å². The third-order valence-corrected chi connectivity index (χ3v) is 6.13. The molecule has 5 atom stereocenters. The molecule has 5 unspecified atom stereocenters. The van der Waals surface area contributed by atoms with E-state index >= 15 is 0 Å². The van der Waals surface area contributed by atoms with Crippen LogP contribution in [-0.2, 0) is 43.2 Å². The van der Waals surface area contributed by atoms with E-state index in [1.165, 1.54) is 0 Å². The lowest BCUT2D eigenvalue weighted by molar-refractivity contribution is -0.143. The number of amides is 4. The third kappa shape index (κ3) is 17.8. The number of carboxylic acids is 5. The van der Waals surface area contributed by atoms with Gasteiger partial charge in [0.25, 0.3) is 0 Å². The highest BCUT2D eigenvalue weighted by atomic mass is 16.4. The summed E-state index contributed by atoms with van der Waals surface area (Å²) in [6, 6.07) is -8.10. The molecule has 0 rings (SSSR count). The number of hydrogen-bond acceptors (Lipinski definition) is 11. The molecule has 0 aliphatic heterocycles. The molecule has 4 amide bonds. The fourth-order valence-corrected chi connectivity index (χ4v) is 3.74. The second-order valence-corrected chi connectivity index (χ2v) is 9.87. The van der Waals surface area contributed by atoms with E-state index in [1.54, 1.807) is 0 Å². The zero-order chi connectivity index (χ0) is 34.7. The van der Waals surface area contributed by atoms with E-state index in [2.05, 4.69) is 21.3 Å². The molecule has 13 N–H and O–H groups in total. The molecule has 0 heterocycles. The Morgan fingerprint density at radius 2 is 0.844 bits per heavy atom. The summed E-state index contributed by atoms with van der Waals surface area (Å²) < 4.78 is 0. The summed E-state index contributed by atoms with van der Waals surface area (Å²) in [5.74, 6) is -11.6. The second-order valence-electron chi connectivity index (χ2n) is 9.87. The predicted octanol–water partition coefficient (Wildman–Crippen LogP) is -3.46. The first kappa shape index (κ1) is 40.1. The monoisotopic (exact) mass is 648 g/mol. The van der Waals surface area contributed by atoms with Crippen molar-refractivity contribution < 1.29 is 68.7 Å². The first-order chi connectivity index (χ1) is 21.0. The normalized spacial score (nSPS) is 14.0. The number of aliphatic carboxylic acids is 5. The van der Waals surface area contributed by atoms with Gasteiger partial charge < -0.3 is 58.3 Å². The molecule has 254 valence electrons. The van der Waals surface area contributed by atoms with Crippen LogP contribution in [0.4, 0.5) is 0 Å². The number of unbranched alkanes of at least 4 members (excludes halogenated alkanes) is 1. The summed E-state index contributed by atoms with van der Waals surface area (Å²) in [6.45, 7) is 0.261. The van der Waals surface area contributed by atoms with Gasteiger partial charge in [-0.05, 0) is 45.1 Å². The van der Waals surface area contributed by atoms with Gasteiger partial charge in [0.2, 0.25) is 23.6 Å². The Kier molecular flexibility index (Phi) is 18.7. The summed E-state index contributed by atoms with van der Waals surface area (Å²) in [5, 5.41) is 54.1. The van der Waals surface area contributed by atoms with Crippen LogP contribution in [0.5, 0.6) is 0 Å². The molecule has 0 spiro atoms. The van der Waals surface area contributed by atoms with E-state index in [4.69, 9.17) is 31.9 Å². The van der Waals surface area contributed by atoms with Gasteiger partial charge in [-0.15, -0.1) is 0 Å². The number of carbonyl (C=O) groups is 9. The maximum Gasteiger partial charge on any atom is 0.326 e. The number of hydrogen-bond donors (Lipinski definition) is 11. The van der Waals surface area contributed by atoms with Crippen molar-refractivity contribution in [3.63, 3.8) is 0 Å². The summed E-state index contributed by atoms with van der Waals surface area (Å²) in [7, 11) is 0. The Labute approximate surface area is 256 Å². The van der Waals surface area contributed by atoms with Gasteiger partial charge in [0.05, 0.1) is 12.5 Å². The van der Waals surface area contributed by atoms with Crippen LogP contribution in [0.25, 0.3) is 0 Å². The van der Waals surface area contributed by atoms with Gasteiger partial charge in [-0.1, -0.05) is 0 Å². The van der Waals surface area contributed by atoms with Crippen LogP contribution in [-0.4, -0.2) is 116 Å². The minimum Gasteiger partial charge on any atom is -0.481 e. The lowest BCUT2D eigenvalue weighted by atomic mass is 10.0. The number of nitrogens with one attached hydrogen (secondary N) is 4. The third-order valence-electron chi connectivity index (χ3n) is 6.13. The standard InChI is InChI=1S/C25H40N6O14/c26-10-2-1-3-16(25(44)45)31-24(43)15(6-9-19(36)37)30-23(42)14(5-8-18(34)35)29-22(41)13(4-7-17(32)33)28-21(40)12(27)11-20(38)39/h12-16H,1-11,26-27H2,(H,28,40)(H,29,41)(H,30,42)(H,31,43)(H,32,33)(H,34,35)(H,36,37)(H,38,39)(H,44,45). The molecule has 0 fully saturated rings. The van der Waals surface area contributed by atoms with Crippen molar-refractivity contribution >= 4 is 53.5 Å². The maximum absolute atomic E-state index is 13.2. The Bertz CT molecular complexity index is 1100. The topological polar surface area (TPSA) is 355 Å². The molecule has 20 nitrogen and oxygen atoms in total. The average molecular weight is 649 g/mol.